The molecular formula is C11H21N3O3. The van der Waals surface area contributed by atoms with Crippen molar-refractivity contribution in [3.05, 3.63) is 0 Å². The number of amides is 1. The third-order valence-electron chi connectivity index (χ3n) is 3.12. The van der Waals surface area contributed by atoms with E-state index in [1.165, 1.54) is 0 Å². The monoisotopic (exact) mass is 243 g/mol. The van der Waals surface area contributed by atoms with Gasteiger partial charge in [0.2, 0.25) is 5.91 Å². The number of hydrogen-bond donors (Lipinski definition) is 3. The van der Waals surface area contributed by atoms with Crippen molar-refractivity contribution in [1.29, 1.82) is 0 Å². The Bertz CT molecular complexity index is 286. The summed E-state index contributed by atoms with van der Waals surface area (Å²) < 4.78 is 5.04. The zero-order chi connectivity index (χ0) is 12.7. The van der Waals surface area contributed by atoms with Crippen LogP contribution in [0.2, 0.25) is 0 Å². The summed E-state index contributed by atoms with van der Waals surface area (Å²) in [5.41, 5.74) is 5.01. The Hall–Kier alpha value is -1.30. The summed E-state index contributed by atoms with van der Waals surface area (Å²) in [6, 6.07) is 0. The van der Waals surface area contributed by atoms with E-state index in [0.29, 0.717) is 19.4 Å². The predicted octanol–water partition coefficient (Wildman–Crippen LogP) is 0.588. The van der Waals surface area contributed by atoms with Gasteiger partial charge in [0, 0.05) is 6.61 Å². The first kappa shape index (κ1) is 13.8. The minimum absolute atomic E-state index is 0.0109. The van der Waals surface area contributed by atoms with Crippen molar-refractivity contribution >= 4 is 11.7 Å². The van der Waals surface area contributed by atoms with Gasteiger partial charge in [0.1, 0.15) is 12.1 Å². The van der Waals surface area contributed by atoms with Crippen LogP contribution >= 0.6 is 0 Å². The van der Waals surface area contributed by atoms with Crippen LogP contribution in [0.15, 0.2) is 5.16 Å². The van der Waals surface area contributed by atoms with Gasteiger partial charge >= 0.3 is 0 Å². The van der Waals surface area contributed by atoms with Crippen LogP contribution in [0.5, 0.6) is 0 Å². The molecule has 1 rings (SSSR count). The van der Waals surface area contributed by atoms with Crippen LogP contribution in [0.4, 0.5) is 0 Å². The molecule has 0 spiro atoms. The summed E-state index contributed by atoms with van der Waals surface area (Å²) in [5.74, 6) is -0.137. The second-order valence-electron chi connectivity index (χ2n) is 4.31. The standard InChI is InChI=1S/C11H21N3O3/c1-2-17-8-9(15)13-11(10(12)14-16)6-4-3-5-7-11/h16H,2-8H2,1H3,(H2,12,14)(H,13,15). The molecule has 0 aromatic rings. The number of nitrogens with one attached hydrogen (secondary N) is 1. The highest BCUT2D eigenvalue weighted by Crippen LogP contribution is 2.28. The number of nitrogens with zero attached hydrogens (tertiary/aromatic N) is 1. The quantitative estimate of drug-likeness (QED) is 0.285. The molecule has 6 nitrogen and oxygen atoms in total. The molecule has 0 bridgehead atoms. The van der Waals surface area contributed by atoms with Crippen molar-refractivity contribution < 1.29 is 14.7 Å². The van der Waals surface area contributed by atoms with Crippen molar-refractivity contribution in [2.24, 2.45) is 10.9 Å². The summed E-state index contributed by atoms with van der Waals surface area (Å²) >= 11 is 0. The topological polar surface area (TPSA) is 96.9 Å². The normalized spacial score (nSPS) is 19.9. The third kappa shape index (κ3) is 3.59. The van der Waals surface area contributed by atoms with Crippen LogP contribution < -0.4 is 11.1 Å². The van der Waals surface area contributed by atoms with Gasteiger partial charge in [-0.15, -0.1) is 0 Å². The highest BCUT2D eigenvalue weighted by atomic mass is 16.5. The van der Waals surface area contributed by atoms with E-state index in [1.807, 2.05) is 6.92 Å². The highest BCUT2D eigenvalue weighted by molar-refractivity contribution is 5.94. The molecule has 17 heavy (non-hydrogen) atoms. The Labute approximate surface area is 101 Å². The van der Waals surface area contributed by atoms with E-state index in [1.54, 1.807) is 0 Å². The molecule has 4 N–H and O–H groups in total. The molecule has 6 heteroatoms. The van der Waals surface area contributed by atoms with Crippen LogP contribution in [-0.4, -0.2) is 35.7 Å². The summed E-state index contributed by atoms with van der Waals surface area (Å²) in [7, 11) is 0. The minimum Gasteiger partial charge on any atom is -0.409 e. The number of hydrogen-bond acceptors (Lipinski definition) is 4. The Morgan fingerprint density at radius 2 is 2.12 bits per heavy atom. The van der Waals surface area contributed by atoms with Crippen LogP contribution in [0, 0.1) is 0 Å². The van der Waals surface area contributed by atoms with Crippen molar-refractivity contribution in [3.63, 3.8) is 0 Å². The van der Waals surface area contributed by atoms with Crippen LogP contribution in [0.25, 0.3) is 0 Å². The summed E-state index contributed by atoms with van der Waals surface area (Å²) in [4.78, 5) is 11.7. The van der Waals surface area contributed by atoms with E-state index >= 15 is 0 Å². The van der Waals surface area contributed by atoms with Crippen molar-refractivity contribution in [2.45, 2.75) is 44.6 Å². The van der Waals surface area contributed by atoms with Gasteiger partial charge in [0.05, 0.1) is 0 Å². The molecule has 98 valence electrons. The van der Waals surface area contributed by atoms with Gasteiger partial charge in [0.25, 0.3) is 0 Å². The van der Waals surface area contributed by atoms with Crippen LogP contribution in [0.1, 0.15) is 39.0 Å². The van der Waals surface area contributed by atoms with E-state index in [9.17, 15) is 4.79 Å². The van der Waals surface area contributed by atoms with Crippen molar-refractivity contribution in [2.75, 3.05) is 13.2 Å². The van der Waals surface area contributed by atoms with E-state index in [4.69, 9.17) is 15.7 Å². The van der Waals surface area contributed by atoms with Crippen LogP contribution in [0.3, 0.4) is 0 Å². The molecule has 0 unspecified atom stereocenters. The van der Waals surface area contributed by atoms with E-state index < -0.39 is 5.54 Å². The first-order chi connectivity index (χ1) is 8.14. The molecule has 1 amide bonds. The smallest absolute Gasteiger partial charge is 0.246 e. The molecule has 0 atom stereocenters. The lowest BCUT2D eigenvalue weighted by Gasteiger charge is -2.36. The molecule has 0 aliphatic heterocycles. The van der Waals surface area contributed by atoms with Crippen molar-refractivity contribution in [3.8, 4) is 0 Å². The van der Waals surface area contributed by atoms with Gasteiger partial charge < -0.3 is 21.0 Å². The number of ether oxygens (including phenoxy) is 1. The molecule has 0 aromatic heterocycles. The molecule has 0 heterocycles. The average molecular weight is 243 g/mol. The first-order valence-corrected chi connectivity index (χ1v) is 6.01. The summed E-state index contributed by atoms with van der Waals surface area (Å²) in [5, 5.41) is 14.7. The van der Waals surface area contributed by atoms with Gasteiger partial charge in [0.15, 0.2) is 5.84 Å². The molecule has 0 aromatic carbocycles. The number of nitrogens with two attached hydrogens (primary N) is 1. The number of oxime groups is 1. The van der Waals surface area contributed by atoms with Crippen molar-refractivity contribution in [1.82, 2.24) is 5.32 Å². The molecular weight excluding hydrogens is 222 g/mol. The molecule has 0 radical (unpaired) electrons. The lowest BCUT2D eigenvalue weighted by molar-refractivity contribution is -0.127. The third-order valence-corrected chi connectivity index (χ3v) is 3.12. The Morgan fingerprint density at radius 3 is 2.65 bits per heavy atom. The highest BCUT2D eigenvalue weighted by Gasteiger charge is 2.37. The van der Waals surface area contributed by atoms with Gasteiger partial charge in [-0.3, -0.25) is 4.79 Å². The average Bonchev–Trinajstić information content (AvgIpc) is 2.36. The maximum atomic E-state index is 11.7. The summed E-state index contributed by atoms with van der Waals surface area (Å²) in [6.07, 6.45) is 4.46. The molecule has 1 aliphatic carbocycles. The lowest BCUT2D eigenvalue weighted by Crippen LogP contribution is -2.59. The van der Waals surface area contributed by atoms with Gasteiger partial charge in [-0.2, -0.15) is 0 Å². The fourth-order valence-electron chi connectivity index (χ4n) is 2.19. The van der Waals surface area contributed by atoms with E-state index in [0.717, 1.165) is 19.3 Å². The largest absolute Gasteiger partial charge is 0.409 e. The zero-order valence-corrected chi connectivity index (χ0v) is 10.2. The maximum absolute atomic E-state index is 11.7. The second kappa shape index (κ2) is 6.44. The molecule has 1 saturated carbocycles. The second-order valence-corrected chi connectivity index (χ2v) is 4.31. The van der Waals surface area contributed by atoms with E-state index in [-0.39, 0.29) is 18.3 Å². The molecule has 0 saturated heterocycles. The Morgan fingerprint density at radius 1 is 1.47 bits per heavy atom. The Kier molecular flexibility index (Phi) is 5.21. The summed E-state index contributed by atoms with van der Waals surface area (Å²) in [6.45, 7) is 2.33. The minimum atomic E-state index is -0.693. The first-order valence-electron chi connectivity index (χ1n) is 6.01. The fraction of sp³-hybridized carbons (Fsp3) is 0.818. The van der Waals surface area contributed by atoms with Gasteiger partial charge in [-0.25, -0.2) is 0 Å². The SMILES string of the molecule is CCOCC(=O)NC1(/C(N)=N/O)CCCCC1. The number of carbonyl (C=O) groups excluding carboxylic acids is 1. The zero-order valence-electron chi connectivity index (χ0n) is 10.2. The Balaban J connectivity index is 2.67. The van der Waals surface area contributed by atoms with Gasteiger partial charge in [-0.05, 0) is 19.8 Å². The fourth-order valence-corrected chi connectivity index (χ4v) is 2.19. The predicted molar refractivity (Wildman–Crippen MR) is 63.9 cm³/mol. The number of carbonyl (C=O) groups is 1. The van der Waals surface area contributed by atoms with Gasteiger partial charge in [-0.1, -0.05) is 24.4 Å². The number of amidine groups is 1. The lowest BCUT2D eigenvalue weighted by atomic mass is 9.80. The number of rotatable bonds is 5. The molecule has 1 aliphatic rings. The van der Waals surface area contributed by atoms with Crippen LogP contribution in [-0.2, 0) is 9.53 Å². The maximum Gasteiger partial charge on any atom is 0.246 e. The molecule has 1 fully saturated rings. The van der Waals surface area contributed by atoms with E-state index in [2.05, 4.69) is 10.5 Å².